The molecule has 2 N–H and O–H groups in total. The number of carbonyl (C=O) groups is 3. The van der Waals surface area contributed by atoms with Crippen molar-refractivity contribution in [1.82, 2.24) is 9.80 Å². The number of hydrogen-bond donors (Lipinski definition) is 2. The lowest BCUT2D eigenvalue weighted by molar-refractivity contribution is -0.136. The number of nitrogens with zero attached hydrogens (tertiary/aromatic N) is 3. The lowest BCUT2D eigenvalue weighted by Gasteiger charge is -2.37. The van der Waals surface area contributed by atoms with Crippen molar-refractivity contribution in [2.45, 2.75) is 0 Å². The number of nitrogens with one attached hydrogen (secondary N) is 1. The lowest BCUT2D eigenvalue weighted by atomic mass is 10.1. The van der Waals surface area contributed by atoms with E-state index in [1.807, 2.05) is 4.90 Å². The predicted molar refractivity (Wildman–Crippen MR) is 129 cm³/mol. The summed E-state index contributed by atoms with van der Waals surface area (Å²) in [4.78, 5) is 42.9. The van der Waals surface area contributed by atoms with Crippen LogP contribution in [0, 0.1) is 0 Å². The zero-order valence-electron chi connectivity index (χ0n) is 18.7. The Kier molecular flexibility index (Phi) is 7.66. The fourth-order valence-corrected chi connectivity index (χ4v) is 4.22. The molecule has 2 fully saturated rings. The molecule has 10 heteroatoms. The molecule has 0 saturated carbocycles. The van der Waals surface area contributed by atoms with Crippen LogP contribution in [0.4, 0.5) is 11.4 Å². The van der Waals surface area contributed by atoms with E-state index in [4.69, 9.17) is 16.3 Å². The van der Waals surface area contributed by atoms with Crippen LogP contribution in [0.3, 0.4) is 0 Å². The molecular weight excluding hydrogens is 460 g/mol. The number of piperazine rings is 1. The minimum absolute atomic E-state index is 0.0879. The number of carboxylic acids is 1. The normalized spacial score (nSPS) is 16.9. The van der Waals surface area contributed by atoms with Crippen molar-refractivity contribution in [2.24, 2.45) is 0 Å². The van der Waals surface area contributed by atoms with Crippen molar-refractivity contribution in [1.29, 1.82) is 0 Å². The highest BCUT2D eigenvalue weighted by molar-refractivity contribution is 6.30. The second-order valence-corrected chi connectivity index (χ2v) is 8.69. The highest BCUT2D eigenvalue weighted by Gasteiger charge is 2.25. The molecule has 4 rings (SSSR count). The monoisotopic (exact) mass is 486 g/mol. The minimum Gasteiger partial charge on any atom is -0.478 e. The van der Waals surface area contributed by atoms with Crippen molar-refractivity contribution in [2.75, 3.05) is 69.2 Å². The Balaban J connectivity index is 1.44. The maximum atomic E-state index is 12.8. The molecule has 180 valence electrons. The molecule has 2 amide bonds. The number of anilines is 2. The zero-order valence-corrected chi connectivity index (χ0v) is 19.5. The smallest absolute Gasteiger partial charge is 0.335 e. The molecule has 2 heterocycles. The van der Waals surface area contributed by atoms with E-state index in [0.29, 0.717) is 75.3 Å². The van der Waals surface area contributed by atoms with Crippen LogP contribution < -0.4 is 10.2 Å². The molecular formula is C24H27ClN4O5. The Hall–Kier alpha value is -3.14. The van der Waals surface area contributed by atoms with Gasteiger partial charge in [0.05, 0.1) is 36.7 Å². The first-order chi connectivity index (χ1) is 16.4. The largest absolute Gasteiger partial charge is 0.478 e. The number of aromatic carboxylic acids is 1. The van der Waals surface area contributed by atoms with Crippen molar-refractivity contribution in [3.8, 4) is 0 Å². The van der Waals surface area contributed by atoms with E-state index in [1.54, 1.807) is 30.3 Å². The molecule has 2 aromatic rings. The number of carbonyl (C=O) groups excluding carboxylic acids is 2. The van der Waals surface area contributed by atoms with E-state index in [2.05, 4.69) is 15.1 Å². The summed E-state index contributed by atoms with van der Waals surface area (Å²) in [7, 11) is 0. The van der Waals surface area contributed by atoms with Crippen LogP contribution in [-0.4, -0.2) is 91.7 Å². The molecule has 0 spiro atoms. The van der Waals surface area contributed by atoms with Gasteiger partial charge in [0, 0.05) is 49.9 Å². The molecule has 2 aliphatic heterocycles. The van der Waals surface area contributed by atoms with Crippen LogP contribution >= 0.6 is 11.6 Å². The fraction of sp³-hybridized carbons (Fsp3) is 0.375. The van der Waals surface area contributed by atoms with E-state index in [1.165, 1.54) is 12.1 Å². The molecule has 34 heavy (non-hydrogen) atoms. The average Bonchev–Trinajstić information content (AvgIpc) is 2.85. The van der Waals surface area contributed by atoms with Crippen molar-refractivity contribution in [3.05, 3.63) is 58.6 Å². The zero-order chi connectivity index (χ0) is 24.1. The lowest BCUT2D eigenvalue weighted by Crippen LogP contribution is -2.51. The van der Waals surface area contributed by atoms with Gasteiger partial charge in [0.25, 0.3) is 5.91 Å². The van der Waals surface area contributed by atoms with E-state index in [9.17, 15) is 19.5 Å². The van der Waals surface area contributed by atoms with Gasteiger partial charge in [-0.05, 0) is 42.5 Å². The molecule has 0 bridgehead atoms. The molecule has 0 unspecified atom stereocenters. The Morgan fingerprint density at radius 1 is 0.912 bits per heavy atom. The average molecular weight is 487 g/mol. The van der Waals surface area contributed by atoms with Gasteiger partial charge in [-0.25, -0.2) is 4.79 Å². The highest BCUT2D eigenvalue weighted by atomic mass is 35.5. The summed E-state index contributed by atoms with van der Waals surface area (Å²) in [6.45, 7) is 5.44. The summed E-state index contributed by atoms with van der Waals surface area (Å²) in [6, 6.07) is 11.2. The van der Waals surface area contributed by atoms with Crippen molar-refractivity contribution in [3.63, 3.8) is 0 Å². The summed E-state index contributed by atoms with van der Waals surface area (Å²) in [5.74, 6) is -1.31. The number of benzene rings is 2. The second kappa shape index (κ2) is 10.9. The summed E-state index contributed by atoms with van der Waals surface area (Å²) in [5, 5.41) is 12.8. The molecule has 0 radical (unpaired) electrons. The number of rotatable bonds is 6. The first-order valence-corrected chi connectivity index (χ1v) is 11.6. The fourth-order valence-electron chi connectivity index (χ4n) is 4.09. The summed E-state index contributed by atoms with van der Waals surface area (Å²) >= 11 is 5.91. The van der Waals surface area contributed by atoms with Crippen LogP contribution in [0.2, 0.25) is 5.02 Å². The summed E-state index contributed by atoms with van der Waals surface area (Å²) in [6.07, 6.45) is 0. The van der Waals surface area contributed by atoms with Gasteiger partial charge < -0.3 is 25.0 Å². The molecule has 2 saturated heterocycles. The second-order valence-electron chi connectivity index (χ2n) is 8.25. The topological polar surface area (TPSA) is 102 Å². The van der Waals surface area contributed by atoms with Gasteiger partial charge >= 0.3 is 5.97 Å². The van der Waals surface area contributed by atoms with Gasteiger partial charge in [0.15, 0.2) is 0 Å². The first-order valence-electron chi connectivity index (χ1n) is 11.2. The maximum absolute atomic E-state index is 12.8. The van der Waals surface area contributed by atoms with Crippen LogP contribution in [-0.2, 0) is 9.53 Å². The molecule has 2 aromatic carbocycles. The van der Waals surface area contributed by atoms with E-state index >= 15 is 0 Å². The maximum Gasteiger partial charge on any atom is 0.335 e. The number of morpholine rings is 1. The van der Waals surface area contributed by atoms with E-state index < -0.39 is 5.97 Å². The Bertz CT molecular complexity index is 1050. The Labute approximate surface area is 202 Å². The first kappa shape index (κ1) is 24.0. The van der Waals surface area contributed by atoms with Crippen LogP contribution in [0.1, 0.15) is 20.7 Å². The van der Waals surface area contributed by atoms with Gasteiger partial charge in [0.1, 0.15) is 0 Å². The molecule has 0 aliphatic carbocycles. The Morgan fingerprint density at radius 2 is 1.56 bits per heavy atom. The molecule has 2 aliphatic rings. The number of amides is 2. The summed E-state index contributed by atoms with van der Waals surface area (Å²) in [5.41, 5.74) is 1.68. The van der Waals surface area contributed by atoms with Crippen molar-refractivity contribution >= 4 is 40.8 Å². The quantitative estimate of drug-likeness (QED) is 0.645. The van der Waals surface area contributed by atoms with E-state index in [0.717, 1.165) is 5.69 Å². The minimum atomic E-state index is -1.07. The molecule has 9 nitrogen and oxygen atoms in total. The molecule has 0 aromatic heterocycles. The van der Waals surface area contributed by atoms with Crippen molar-refractivity contribution < 1.29 is 24.2 Å². The SMILES string of the molecule is O=C(O)c1ccc(N2CCN(CC(=O)N3CCOCC3)CC2)c(NC(=O)c2ccc(Cl)cc2)c1. The van der Waals surface area contributed by atoms with Gasteiger partial charge in [0.2, 0.25) is 5.91 Å². The van der Waals surface area contributed by atoms with Crippen LogP contribution in [0.15, 0.2) is 42.5 Å². The predicted octanol–water partition coefficient (Wildman–Crippen LogP) is 2.27. The molecule has 0 atom stereocenters. The third kappa shape index (κ3) is 5.85. The van der Waals surface area contributed by atoms with Gasteiger partial charge in [-0.2, -0.15) is 0 Å². The van der Waals surface area contributed by atoms with Gasteiger partial charge in [-0.3, -0.25) is 14.5 Å². The van der Waals surface area contributed by atoms with Crippen LogP contribution in [0.25, 0.3) is 0 Å². The van der Waals surface area contributed by atoms with Crippen LogP contribution in [0.5, 0.6) is 0 Å². The summed E-state index contributed by atoms with van der Waals surface area (Å²) < 4.78 is 5.31. The third-order valence-corrected chi connectivity index (χ3v) is 6.29. The number of halogens is 1. The standard InChI is InChI=1S/C24H27ClN4O5/c25-19-4-1-17(2-5-19)23(31)26-20-15-18(24(32)33)3-6-21(20)28-9-7-27(8-10-28)16-22(30)29-11-13-34-14-12-29/h1-6,15H,7-14,16H2,(H,26,31)(H,32,33). The van der Waals surface area contributed by atoms with Gasteiger partial charge in [-0.1, -0.05) is 11.6 Å². The van der Waals surface area contributed by atoms with E-state index in [-0.39, 0.29) is 17.4 Å². The third-order valence-electron chi connectivity index (χ3n) is 6.03. The number of hydrogen-bond acceptors (Lipinski definition) is 6. The number of ether oxygens (including phenoxy) is 1. The Morgan fingerprint density at radius 3 is 2.21 bits per heavy atom. The highest BCUT2D eigenvalue weighted by Crippen LogP contribution is 2.29. The number of carboxylic acid groups (broad SMARTS) is 1. The van der Waals surface area contributed by atoms with Gasteiger partial charge in [-0.15, -0.1) is 0 Å².